The van der Waals surface area contributed by atoms with Crippen LogP contribution in [0.2, 0.25) is 0 Å². The van der Waals surface area contributed by atoms with E-state index in [0.29, 0.717) is 18.3 Å². The summed E-state index contributed by atoms with van der Waals surface area (Å²) < 4.78 is 39.1. The summed E-state index contributed by atoms with van der Waals surface area (Å²) in [5.74, 6) is 0.209. The number of carbonyl (C=O) groups is 1. The van der Waals surface area contributed by atoms with Crippen LogP contribution >= 0.6 is 0 Å². The van der Waals surface area contributed by atoms with Crippen molar-refractivity contribution in [1.29, 1.82) is 0 Å². The minimum atomic E-state index is -4.22. The molecule has 3 heterocycles. The number of rotatable bonds is 7. The van der Waals surface area contributed by atoms with Gasteiger partial charge in [-0.25, -0.2) is 14.7 Å². The van der Waals surface area contributed by atoms with E-state index >= 15 is 0 Å². The Bertz CT molecular complexity index is 1070. The van der Waals surface area contributed by atoms with E-state index in [1.807, 2.05) is 0 Å². The number of nitrogens with one attached hydrogen (secondary N) is 1. The van der Waals surface area contributed by atoms with Crippen molar-refractivity contribution in [3.63, 3.8) is 0 Å². The largest absolute Gasteiger partial charge is 0.475 e. The Kier molecular flexibility index (Phi) is 8.14. The van der Waals surface area contributed by atoms with Crippen LogP contribution in [0.25, 0.3) is 0 Å². The standard InChI is InChI=1S/C24H34N4O5S/c1-6-9-21(33-16-19-10-8-13-32-19)26-18(3)34(30,31)27-23(29)20-11-7-12-25-22(20)28-15-17(2)14-24(28,4)5/h6-7,9,11-12,17,19H,1,8,10,13-16H2,2-5H3,(H,27,29)/b21-9+,26-18+. The smallest absolute Gasteiger partial charge is 0.277 e. The predicted molar refractivity (Wildman–Crippen MR) is 132 cm³/mol. The Morgan fingerprint density at radius 2 is 2.24 bits per heavy atom. The first-order valence-electron chi connectivity index (χ1n) is 11.5. The number of aromatic nitrogens is 1. The number of hydrogen-bond acceptors (Lipinski definition) is 8. The van der Waals surface area contributed by atoms with Gasteiger partial charge in [0.15, 0.2) is 5.04 Å². The molecule has 1 N–H and O–H groups in total. The molecule has 0 saturated carbocycles. The SMILES string of the molecule is C=C/C=C(\N=C(/C)S(=O)(=O)NC(=O)c1cccnc1N1CC(C)CC1(C)C)OCC1CCCO1. The van der Waals surface area contributed by atoms with Crippen molar-refractivity contribution >= 4 is 26.8 Å². The number of pyridine rings is 1. The molecule has 2 aliphatic heterocycles. The summed E-state index contributed by atoms with van der Waals surface area (Å²) in [6.07, 6.45) is 7.24. The highest BCUT2D eigenvalue weighted by atomic mass is 32.2. The molecular weight excluding hydrogens is 456 g/mol. The number of carbonyl (C=O) groups excluding carboxylic acids is 1. The summed E-state index contributed by atoms with van der Waals surface area (Å²) in [6.45, 7) is 12.9. The van der Waals surface area contributed by atoms with E-state index in [1.54, 1.807) is 18.3 Å². The number of nitrogens with zero attached hydrogens (tertiary/aromatic N) is 3. The normalized spacial score (nSPS) is 23.1. The van der Waals surface area contributed by atoms with Crippen molar-refractivity contribution in [3.8, 4) is 0 Å². The molecule has 10 heteroatoms. The highest BCUT2D eigenvalue weighted by Gasteiger charge is 2.39. The monoisotopic (exact) mass is 490 g/mol. The maximum Gasteiger partial charge on any atom is 0.277 e. The summed E-state index contributed by atoms with van der Waals surface area (Å²) >= 11 is 0. The molecule has 0 aliphatic carbocycles. The Balaban J connectivity index is 1.77. The maximum absolute atomic E-state index is 13.1. The van der Waals surface area contributed by atoms with Crippen LogP contribution in [0.1, 0.15) is 57.3 Å². The molecule has 34 heavy (non-hydrogen) atoms. The van der Waals surface area contributed by atoms with Crippen LogP contribution < -0.4 is 9.62 Å². The third-order valence-electron chi connectivity index (χ3n) is 5.95. The van der Waals surface area contributed by atoms with Crippen LogP contribution in [0.3, 0.4) is 0 Å². The Labute approximate surface area is 202 Å². The summed E-state index contributed by atoms with van der Waals surface area (Å²) in [6, 6.07) is 3.19. The average molecular weight is 491 g/mol. The molecule has 2 atom stereocenters. The topological polar surface area (TPSA) is 110 Å². The van der Waals surface area contributed by atoms with Gasteiger partial charge in [-0.15, -0.1) is 0 Å². The fraction of sp³-hybridized carbons (Fsp3) is 0.542. The number of anilines is 1. The molecule has 1 aromatic heterocycles. The molecule has 9 nitrogen and oxygen atoms in total. The van der Waals surface area contributed by atoms with Gasteiger partial charge in [0, 0.05) is 24.9 Å². The second-order valence-corrected chi connectivity index (χ2v) is 11.2. The van der Waals surface area contributed by atoms with Crippen LogP contribution in [0.15, 0.2) is 47.9 Å². The molecule has 0 aromatic carbocycles. The highest BCUT2D eigenvalue weighted by molar-refractivity contribution is 8.05. The van der Waals surface area contributed by atoms with E-state index in [2.05, 4.69) is 46.9 Å². The van der Waals surface area contributed by atoms with Gasteiger partial charge in [0.1, 0.15) is 12.4 Å². The minimum Gasteiger partial charge on any atom is -0.475 e. The lowest BCUT2D eigenvalue weighted by molar-refractivity contribution is 0.0427. The summed E-state index contributed by atoms with van der Waals surface area (Å²) in [7, 11) is -4.22. The summed E-state index contributed by atoms with van der Waals surface area (Å²) in [5, 5.41) is -0.304. The molecule has 1 amide bonds. The molecule has 0 spiro atoms. The molecule has 0 bridgehead atoms. The van der Waals surface area contributed by atoms with Crippen LogP contribution in [0.5, 0.6) is 0 Å². The number of aliphatic imine (C=N–C) groups is 1. The van der Waals surface area contributed by atoms with Crippen molar-refractivity contribution in [1.82, 2.24) is 9.71 Å². The first-order valence-corrected chi connectivity index (χ1v) is 12.9. The third-order valence-corrected chi connectivity index (χ3v) is 7.27. The molecule has 2 fully saturated rings. The maximum atomic E-state index is 13.1. The number of amides is 1. The lowest BCUT2D eigenvalue weighted by atomic mass is 9.97. The number of ether oxygens (including phenoxy) is 2. The van der Waals surface area contributed by atoms with Crippen LogP contribution in [0, 0.1) is 5.92 Å². The van der Waals surface area contributed by atoms with Gasteiger partial charge in [0.25, 0.3) is 15.9 Å². The van der Waals surface area contributed by atoms with E-state index in [9.17, 15) is 13.2 Å². The van der Waals surface area contributed by atoms with Gasteiger partial charge < -0.3 is 14.4 Å². The summed E-state index contributed by atoms with van der Waals surface area (Å²) in [5.41, 5.74) is -0.0124. The zero-order chi connectivity index (χ0) is 24.9. The fourth-order valence-electron chi connectivity index (χ4n) is 4.39. The number of allylic oxidation sites excluding steroid dienone is 2. The van der Waals surface area contributed by atoms with Gasteiger partial charge in [-0.2, -0.15) is 8.42 Å². The van der Waals surface area contributed by atoms with Crippen molar-refractivity contribution < 1.29 is 22.7 Å². The fourth-order valence-corrected chi connectivity index (χ4v) is 5.10. The molecule has 2 aliphatic rings. The van der Waals surface area contributed by atoms with Gasteiger partial charge >= 0.3 is 0 Å². The minimum absolute atomic E-state index is 0.0541. The third kappa shape index (κ3) is 6.24. The predicted octanol–water partition coefficient (Wildman–Crippen LogP) is 3.41. The van der Waals surface area contributed by atoms with E-state index in [1.165, 1.54) is 19.1 Å². The number of hydrogen-bond donors (Lipinski definition) is 1. The van der Waals surface area contributed by atoms with Crippen molar-refractivity contribution in [2.75, 3.05) is 24.7 Å². The van der Waals surface area contributed by atoms with Gasteiger partial charge in [-0.05, 0) is 64.2 Å². The van der Waals surface area contributed by atoms with E-state index in [4.69, 9.17) is 9.47 Å². The van der Waals surface area contributed by atoms with Crippen LogP contribution in [-0.4, -0.2) is 55.8 Å². The Morgan fingerprint density at radius 1 is 1.47 bits per heavy atom. The zero-order valence-corrected chi connectivity index (χ0v) is 21.1. The number of sulfonamides is 1. The van der Waals surface area contributed by atoms with Crippen LogP contribution in [-0.2, 0) is 19.5 Å². The first-order chi connectivity index (χ1) is 16.0. The average Bonchev–Trinajstić information content (AvgIpc) is 3.38. The van der Waals surface area contributed by atoms with Gasteiger partial charge in [0.05, 0.1) is 11.7 Å². The van der Waals surface area contributed by atoms with E-state index in [0.717, 1.165) is 25.8 Å². The van der Waals surface area contributed by atoms with Gasteiger partial charge in [-0.1, -0.05) is 19.6 Å². The quantitative estimate of drug-likeness (QED) is 0.270. The van der Waals surface area contributed by atoms with Crippen molar-refractivity contribution in [3.05, 3.63) is 48.5 Å². The van der Waals surface area contributed by atoms with Crippen molar-refractivity contribution in [2.24, 2.45) is 10.9 Å². The molecule has 3 rings (SSSR count). The molecule has 186 valence electrons. The molecular formula is C24H34N4O5S. The van der Waals surface area contributed by atoms with E-state index < -0.39 is 15.9 Å². The van der Waals surface area contributed by atoms with Gasteiger partial charge in [0.2, 0.25) is 5.88 Å². The molecule has 2 saturated heterocycles. The first kappa shape index (κ1) is 25.9. The molecule has 2 unspecified atom stereocenters. The van der Waals surface area contributed by atoms with Crippen molar-refractivity contribution in [2.45, 2.75) is 58.6 Å². The van der Waals surface area contributed by atoms with Gasteiger partial charge in [-0.3, -0.25) is 4.79 Å². The second kappa shape index (κ2) is 10.7. The lowest BCUT2D eigenvalue weighted by Gasteiger charge is -2.33. The molecule has 1 aromatic rings. The van der Waals surface area contributed by atoms with E-state index in [-0.39, 0.29) is 34.7 Å². The zero-order valence-electron chi connectivity index (χ0n) is 20.3. The summed E-state index contributed by atoms with van der Waals surface area (Å²) in [4.78, 5) is 23.6. The molecule has 0 radical (unpaired) electrons. The van der Waals surface area contributed by atoms with Crippen LogP contribution in [0.4, 0.5) is 5.82 Å². The highest BCUT2D eigenvalue weighted by Crippen LogP contribution is 2.37. The Hall–Kier alpha value is -2.72. The second-order valence-electron chi connectivity index (χ2n) is 9.36. The Morgan fingerprint density at radius 3 is 2.85 bits per heavy atom. The lowest BCUT2D eigenvalue weighted by Crippen LogP contribution is -2.41.